The van der Waals surface area contributed by atoms with Crippen LogP contribution in [0.25, 0.3) is 0 Å². The second kappa shape index (κ2) is 7.05. The highest BCUT2D eigenvalue weighted by molar-refractivity contribution is 7.99. The van der Waals surface area contributed by atoms with E-state index in [0.717, 1.165) is 11.5 Å². The van der Waals surface area contributed by atoms with E-state index in [9.17, 15) is 10.1 Å². The zero-order valence-electron chi connectivity index (χ0n) is 10.7. The van der Waals surface area contributed by atoms with Crippen LogP contribution >= 0.6 is 11.8 Å². The fraction of sp³-hybridized carbons (Fsp3) is 0.545. The van der Waals surface area contributed by atoms with Crippen molar-refractivity contribution >= 4 is 23.3 Å². The predicted octanol–water partition coefficient (Wildman–Crippen LogP) is 2.45. The molecule has 0 radical (unpaired) electrons. The molecule has 1 N–H and O–H groups in total. The Hall–Kier alpha value is -1.50. The van der Waals surface area contributed by atoms with Gasteiger partial charge in [0.25, 0.3) is 0 Å². The first-order chi connectivity index (χ1) is 8.61. The molecule has 100 valence electrons. The molecule has 0 bridgehead atoms. The third-order valence-electron chi connectivity index (χ3n) is 2.35. The number of rotatable bonds is 8. The van der Waals surface area contributed by atoms with Gasteiger partial charge in [0.05, 0.1) is 4.92 Å². The number of anilines is 1. The lowest BCUT2D eigenvalue weighted by atomic mass is 10.4. The van der Waals surface area contributed by atoms with Gasteiger partial charge in [0.2, 0.25) is 5.82 Å². The van der Waals surface area contributed by atoms with Gasteiger partial charge in [-0.05, 0) is 13.8 Å². The van der Waals surface area contributed by atoms with Gasteiger partial charge in [-0.3, -0.25) is 10.1 Å². The van der Waals surface area contributed by atoms with E-state index in [-0.39, 0.29) is 10.6 Å². The molecule has 0 aliphatic carbocycles. The van der Waals surface area contributed by atoms with Crippen LogP contribution in [0.15, 0.2) is 12.7 Å². The minimum absolute atomic E-state index is 0.0746. The Morgan fingerprint density at radius 3 is 2.94 bits per heavy atom. The maximum atomic E-state index is 11.0. The lowest BCUT2D eigenvalue weighted by Crippen LogP contribution is -2.11. The normalized spacial score (nSPS) is 10.3. The molecule has 0 atom stereocenters. The first-order valence-electron chi connectivity index (χ1n) is 5.76. The second-order valence-corrected chi connectivity index (χ2v) is 4.80. The summed E-state index contributed by atoms with van der Waals surface area (Å²) in [6.07, 6.45) is 1.84. The highest BCUT2D eigenvalue weighted by Crippen LogP contribution is 2.27. The highest BCUT2D eigenvalue weighted by Gasteiger charge is 2.24. The van der Waals surface area contributed by atoms with E-state index in [2.05, 4.69) is 17.0 Å². The molecule has 0 aliphatic heterocycles. The van der Waals surface area contributed by atoms with Crippen LogP contribution in [0.2, 0.25) is 0 Å². The summed E-state index contributed by atoms with van der Waals surface area (Å²) in [4.78, 5) is 10.6. The van der Waals surface area contributed by atoms with E-state index in [4.69, 9.17) is 0 Å². The van der Waals surface area contributed by atoms with Gasteiger partial charge in [-0.1, -0.05) is 6.08 Å². The average Bonchev–Trinajstić information content (AvgIpc) is 2.65. The summed E-state index contributed by atoms with van der Waals surface area (Å²) >= 11 is 1.73. The Balaban J connectivity index is 2.73. The molecule has 0 aliphatic rings. The Kier molecular flexibility index (Phi) is 5.70. The summed E-state index contributed by atoms with van der Waals surface area (Å²) in [5.74, 6) is 2.26. The molecule has 1 heterocycles. The molecule has 1 aromatic rings. The van der Waals surface area contributed by atoms with E-state index >= 15 is 0 Å². The van der Waals surface area contributed by atoms with Crippen LogP contribution in [0.1, 0.15) is 12.6 Å². The maximum Gasteiger partial charge on any atom is 0.333 e. The molecule has 1 rings (SSSR count). The molecule has 0 saturated heterocycles. The molecule has 18 heavy (non-hydrogen) atoms. The molecule has 0 saturated carbocycles. The van der Waals surface area contributed by atoms with Gasteiger partial charge in [0.1, 0.15) is 5.69 Å². The Bertz CT molecular complexity index is 431. The van der Waals surface area contributed by atoms with Crippen molar-refractivity contribution in [1.29, 1.82) is 0 Å². The van der Waals surface area contributed by atoms with Crippen LogP contribution in [-0.2, 0) is 6.54 Å². The molecule has 1 aromatic heterocycles. The molecule has 6 nitrogen and oxygen atoms in total. The molecule has 0 aromatic carbocycles. The zero-order valence-corrected chi connectivity index (χ0v) is 11.5. The largest absolute Gasteiger partial charge is 0.364 e. The fourth-order valence-electron chi connectivity index (χ4n) is 1.60. The van der Waals surface area contributed by atoms with Crippen LogP contribution in [0, 0.1) is 17.0 Å². The van der Waals surface area contributed by atoms with Gasteiger partial charge in [-0.15, -0.1) is 6.58 Å². The van der Waals surface area contributed by atoms with Crippen LogP contribution < -0.4 is 5.32 Å². The Morgan fingerprint density at radius 1 is 1.67 bits per heavy atom. The minimum Gasteiger partial charge on any atom is -0.364 e. The number of nitro groups is 1. The number of nitrogens with zero attached hydrogens (tertiary/aromatic N) is 3. The van der Waals surface area contributed by atoms with Gasteiger partial charge in [0, 0.05) is 24.6 Å². The van der Waals surface area contributed by atoms with E-state index in [1.165, 1.54) is 0 Å². The minimum atomic E-state index is -0.381. The van der Waals surface area contributed by atoms with Crippen LogP contribution in [-0.4, -0.2) is 32.8 Å². The number of hydrogen-bond donors (Lipinski definition) is 1. The lowest BCUT2D eigenvalue weighted by Gasteiger charge is -2.06. The third kappa shape index (κ3) is 3.49. The monoisotopic (exact) mass is 270 g/mol. The average molecular weight is 270 g/mol. The molecule has 0 fully saturated rings. The summed E-state index contributed by atoms with van der Waals surface area (Å²) < 4.78 is 1.63. The number of thioether (sulfide) groups is 1. The standard InChI is InChI=1S/C11H18N4O2S/c1-4-7-18-8-6-12-11-10(15(16)17)9(3)13-14(11)5-2/h4,12H,1,5-8H2,2-3H3. The number of hydrogen-bond acceptors (Lipinski definition) is 5. The Labute approximate surface area is 111 Å². The van der Waals surface area contributed by atoms with Crippen LogP contribution in [0.3, 0.4) is 0 Å². The summed E-state index contributed by atoms with van der Waals surface area (Å²) in [6, 6.07) is 0. The zero-order chi connectivity index (χ0) is 13.5. The number of nitrogens with one attached hydrogen (secondary N) is 1. The predicted molar refractivity (Wildman–Crippen MR) is 75.3 cm³/mol. The van der Waals surface area contributed by atoms with Crippen LogP contribution in [0.4, 0.5) is 11.5 Å². The van der Waals surface area contributed by atoms with E-state index < -0.39 is 0 Å². The van der Waals surface area contributed by atoms with Crippen molar-refractivity contribution < 1.29 is 4.92 Å². The van der Waals surface area contributed by atoms with Gasteiger partial charge in [-0.2, -0.15) is 16.9 Å². The van der Waals surface area contributed by atoms with Crippen molar-refractivity contribution in [2.75, 3.05) is 23.4 Å². The van der Waals surface area contributed by atoms with Crippen molar-refractivity contribution in [2.45, 2.75) is 20.4 Å². The quantitative estimate of drug-likeness (QED) is 0.340. The van der Waals surface area contributed by atoms with E-state index in [1.807, 2.05) is 13.0 Å². The summed E-state index contributed by atoms with van der Waals surface area (Å²) in [5, 5.41) is 18.3. The molecule has 0 amide bonds. The van der Waals surface area contributed by atoms with Gasteiger partial charge in [0.15, 0.2) is 0 Å². The smallest absolute Gasteiger partial charge is 0.333 e. The van der Waals surface area contributed by atoms with Gasteiger partial charge < -0.3 is 5.32 Å². The first kappa shape index (κ1) is 14.6. The van der Waals surface area contributed by atoms with Gasteiger partial charge in [-0.25, -0.2) is 4.68 Å². The maximum absolute atomic E-state index is 11.0. The van der Waals surface area contributed by atoms with Crippen molar-refractivity contribution in [3.63, 3.8) is 0 Å². The van der Waals surface area contributed by atoms with Crippen LogP contribution in [0.5, 0.6) is 0 Å². The van der Waals surface area contributed by atoms with Crippen molar-refractivity contribution in [2.24, 2.45) is 0 Å². The lowest BCUT2D eigenvalue weighted by molar-refractivity contribution is -0.384. The molecule has 0 unspecified atom stereocenters. The molecular weight excluding hydrogens is 252 g/mol. The van der Waals surface area contributed by atoms with E-state index in [0.29, 0.717) is 24.6 Å². The summed E-state index contributed by atoms with van der Waals surface area (Å²) in [5.41, 5.74) is 0.522. The van der Waals surface area contributed by atoms with Crippen molar-refractivity contribution in [3.8, 4) is 0 Å². The van der Waals surface area contributed by atoms with Gasteiger partial charge >= 0.3 is 5.69 Å². The summed E-state index contributed by atoms with van der Waals surface area (Å²) in [7, 11) is 0. The van der Waals surface area contributed by atoms with Crippen molar-refractivity contribution in [3.05, 3.63) is 28.5 Å². The summed E-state index contributed by atoms with van der Waals surface area (Å²) in [6.45, 7) is 8.48. The topological polar surface area (TPSA) is 73.0 Å². The first-order valence-corrected chi connectivity index (χ1v) is 6.91. The third-order valence-corrected chi connectivity index (χ3v) is 3.32. The SMILES string of the molecule is C=CCSCCNc1c([N+](=O)[O-])c(C)nn1CC. The molecule has 7 heteroatoms. The Morgan fingerprint density at radius 2 is 2.39 bits per heavy atom. The fourth-order valence-corrected chi connectivity index (χ4v) is 2.18. The molecular formula is C11H18N4O2S. The highest BCUT2D eigenvalue weighted by atomic mass is 32.2. The second-order valence-electron chi connectivity index (χ2n) is 3.65. The number of aryl methyl sites for hydroxylation is 2. The van der Waals surface area contributed by atoms with Crippen molar-refractivity contribution in [1.82, 2.24) is 9.78 Å². The number of aromatic nitrogens is 2. The molecule has 0 spiro atoms. The van der Waals surface area contributed by atoms with E-state index in [1.54, 1.807) is 23.4 Å².